The van der Waals surface area contributed by atoms with Crippen LogP contribution in [0.1, 0.15) is 11.5 Å². The number of thiophene rings is 1. The van der Waals surface area contributed by atoms with Gasteiger partial charge in [0.05, 0.1) is 0 Å². The van der Waals surface area contributed by atoms with Gasteiger partial charge in [0, 0.05) is 22.6 Å². The Morgan fingerprint density at radius 1 is 0.833 bits per heavy atom. The van der Waals surface area contributed by atoms with Gasteiger partial charge in [-0.25, -0.2) is 0 Å². The highest BCUT2D eigenvalue weighted by Crippen LogP contribution is 2.39. The van der Waals surface area contributed by atoms with E-state index in [1.807, 2.05) is 38.1 Å². The van der Waals surface area contributed by atoms with Gasteiger partial charge in [-0.3, -0.25) is 0 Å². The molecule has 0 saturated heterocycles. The van der Waals surface area contributed by atoms with Crippen LogP contribution >= 0.6 is 22.7 Å². The quantitative estimate of drug-likeness (QED) is 0.508. The van der Waals surface area contributed by atoms with Crippen LogP contribution in [0.25, 0.3) is 31.7 Å². The molecule has 4 aromatic heterocycles. The number of furan rings is 2. The molecule has 0 aliphatic heterocycles. The van der Waals surface area contributed by atoms with E-state index < -0.39 is 0 Å². The summed E-state index contributed by atoms with van der Waals surface area (Å²) in [5.74, 6) is 3.64. The van der Waals surface area contributed by atoms with Crippen molar-refractivity contribution in [2.24, 2.45) is 0 Å². The summed E-state index contributed by atoms with van der Waals surface area (Å²) in [7, 11) is 0. The Morgan fingerprint density at radius 3 is 1.83 bits per heavy atom. The molecule has 0 unspecified atom stereocenters. The van der Waals surface area contributed by atoms with Crippen LogP contribution in [-0.2, 0) is 0 Å². The summed E-state index contributed by atoms with van der Waals surface area (Å²) in [6.45, 7) is 3.93. The first-order chi connectivity index (χ1) is 11.2. The predicted octanol–water partition coefficient (Wildman–Crippen LogP) is 3.90. The minimum atomic E-state index is 0. The topological polar surface area (TPSA) is 26.3 Å². The van der Waals surface area contributed by atoms with Gasteiger partial charge in [0.2, 0.25) is 11.3 Å². The van der Waals surface area contributed by atoms with E-state index in [2.05, 4.69) is 29.6 Å². The second kappa shape index (κ2) is 6.93. The van der Waals surface area contributed by atoms with Crippen molar-refractivity contribution in [3.05, 3.63) is 65.4 Å². The maximum atomic E-state index is 5.82. The van der Waals surface area contributed by atoms with Crippen molar-refractivity contribution in [2.75, 3.05) is 0 Å². The highest BCUT2D eigenvalue weighted by atomic mass is 35.5. The molecule has 24 heavy (non-hydrogen) atoms. The highest BCUT2D eigenvalue weighted by molar-refractivity contribution is 7.18. The fraction of sp³-hybridized carbons (Fsp3) is 0.105. The molecule has 0 aromatic carbocycles. The summed E-state index contributed by atoms with van der Waals surface area (Å²) in [6, 6.07) is 16.6. The van der Waals surface area contributed by atoms with E-state index in [0.717, 1.165) is 32.8 Å². The van der Waals surface area contributed by atoms with Crippen LogP contribution in [0.3, 0.4) is 0 Å². The van der Waals surface area contributed by atoms with E-state index in [0.29, 0.717) is 0 Å². The lowest BCUT2D eigenvalue weighted by Gasteiger charge is -1.97. The third kappa shape index (κ3) is 3.31. The van der Waals surface area contributed by atoms with Crippen molar-refractivity contribution in [2.45, 2.75) is 13.8 Å². The van der Waals surface area contributed by atoms with Crippen LogP contribution in [0.2, 0.25) is 0 Å². The van der Waals surface area contributed by atoms with Crippen molar-refractivity contribution >= 4 is 22.7 Å². The first kappa shape index (κ1) is 17.0. The van der Waals surface area contributed by atoms with Crippen molar-refractivity contribution in [1.82, 2.24) is 0 Å². The first-order valence-electron chi connectivity index (χ1n) is 7.35. The Morgan fingerprint density at radius 2 is 1.42 bits per heavy atom. The number of rotatable bonds is 3. The van der Waals surface area contributed by atoms with E-state index in [-0.39, 0.29) is 12.4 Å². The van der Waals surface area contributed by atoms with Crippen LogP contribution in [0.5, 0.6) is 0 Å². The van der Waals surface area contributed by atoms with Gasteiger partial charge >= 0.3 is 0 Å². The molecule has 0 fully saturated rings. The van der Waals surface area contributed by atoms with Gasteiger partial charge in [-0.2, -0.15) is 0 Å². The molecule has 0 aliphatic rings. The molecule has 4 rings (SSSR count). The van der Waals surface area contributed by atoms with Crippen LogP contribution in [0, 0.1) is 13.8 Å². The van der Waals surface area contributed by atoms with Crippen LogP contribution in [-0.4, -0.2) is 0 Å². The van der Waals surface area contributed by atoms with Crippen molar-refractivity contribution < 1.29 is 21.2 Å². The second-order valence-electron chi connectivity index (χ2n) is 5.37. The molecule has 0 spiro atoms. The number of hydrogen-bond acceptors (Lipinski definition) is 3. The summed E-state index contributed by atoms with van der Waals surface area (Å²) >= 11 is 3.42. The van der Waals surface area contributed by atoms with Crippen molar-refractivity contribution in [3.8, 4) is 31.7 Å². The third-order valence-corrected chi connectivity index (χ3v) is 5.56. The average Bonchev–Trinajstić information content (AvgIpc) is 3.28. The lowest BCUT2D eigenvalue weighted by Crippen LogP contribution is -3.00. The Kier molecular flexibility index (Phi) is 4.90. The maximum absolute atomic E-state index is 5.82. The minimum Gasteiger partial charge on any atom is -1.00 e. The van der Waals surface area contributed by atoms with Gasteiger partial charge in [-0.1, -0.05) is 6.07 Å². The normalized spacial score (nSPS) is 10.6. The summed E-state index contributed by atoms with van der Waals surface area (Å²) in [5, 5.41) is 2.10. The van der Waals surface area contributed by atoms with E-state index in [1.165, 1.54) is 10.4 Å². The molecule has 5 heteroatoms. The van der Waals surface area contributed by atoms with Gasteiger partial charge in [-0.15, -0.1) is 11.3 Å². The molecule has 0 aliphatic carbocycles. The first-order valence-corrected chi connectivity index (χ1v) is 9.04. The molecule has 0 bridgehead atoms. The fourth-order valence-corrected chi connectivity index (χ4v) is 4.21. The number of halogens is 1. The maximum Gasteiger partial charge on any atom is 0.274 e. The van der Waals surface area contributed by atoms with Crippen LogP contribution < -0.4 is 12.4 Å². The Hall–Kier alpha value is -1.88. The summed E-state index contributed by atoms with van der Waals surface area (Å²) in [6.07, 6.45) is 0. The van der Waals surface area contributed by atoms with Crippen molar-refractivity contribution in [3.63, 3.8) is 0 Å². The number of hydrogen-bond donors (Lipinski definition) is 0. The zero-order valence-corrected chi connectivity index (χ0v) is 15.6. The monoisotopic (exact) mass is 374 g/mol. The lowest BCUT2D eigenvalue weighted by molar-refractivity contribution is -0.00000569. The van der Waals surface area contributed by atoms with E-state index in [9.17, 15) is 0 Å². The molecule has 2 nitrogen and oxygen atoms in total. The molecular weight excluding hydrogens is 360 g/mol. The Bertz CT molecular complexity index is 893. The van der Waals surface area contributed by atoms with Crippen LogP contribution in [0.4, 0.5) is 0 Å². The van der Waals surface area contributed by atoms with Gasteiger partial charge in [0.1, 0.15) is 11.5 Å². The summed E-state index contributed by atoms with van der Waals surface area (Å²) in [5.41, 5.74) is 1.19. The molecule has 0 saturated carbocycles. The standard InChI is InChI=1S/C19H15O2S2.ClH/c1-12-5-7-15(20-12)18-10-14(17-4-3-9-22-17)11-19(23-18)16-8-6-13(2)21-16;/h3-11H,1-2H3;1H/q+1;/p-1. The zero-order valence-electron chi connectivity index (χ0n) is 13.2. The molecule has 4 aromatic rings. The second-order valence-corrected chi connectivity index (χ2v) is 7.40. The summed E-state index contributed by atoms with van der Waals surface area (Å²) in [4.78, 5) is 3.45. The molecule has 4 heterocycles. The van der Waals surface area contributed by atoms with Gasteiger partial charge in [0.15, 0.2) is 11.5 Å². The predicted molar refractivity (Wildman–Crippen MR) is 96.9 cm³/mol. The molecule has 0 amide bonds. The van der Waals surface area contributed by atoms with E-state index in [4.69, 9.17) is 8.83 Å². The highest BCUT2D eigenvalue weighted by Gasteiger charge is 2.23. The smallest absolute Gasteiger partial charge is 0.274 e. The third-order valence-electron chi connectivity index (χ3n) is 3.57. The summed E-state index contributed by atoms with van der Waals surface area (Å²) < 4.78 is 11.6. The molecule has 0 radical (unpaired) electrons. The van der Waals surface area contributed by atoms with Gasteiger partial charge < -0.3 is 21.2 Å². The molecule has 0 atom stereocenters. The SMILES string of the molecule is Cc1ccc(-c2cc(-c3cccs3)cc(-c3ccc(C)o3)[s+]2)o1.[Cl-]. The molecule has 0 N–H and O–H groups in total. The van der Waals surface area contributed by atoms with Gasteiger partial charge in [0.25, 0.3) is 9.75 Å². The average molecular weight is 375 g/mol. The zero-order chi connectivity index (χ0) is 15.8. The largest absolute Gasteiger partial charge is 1.00 e. The van der Waals surface area contributed by atoms with Crippen LogP contribution in [0.15, 0.2) is 62.7 Å². The Labute approximate surface area is 154 Å². The Balaban J connectivity index is 0.00000169. The van der Waals surface area contributed by atoms with Crippen molar-refractivity contribution in [1.29, 1.82) is 0 Å². The van der Waals surface area contributed by atoms with E-state index >= 15 is 0 Å². The molecular formula is C19H15ClO2S2. The van der Waals surface area contributed by atoms with Gasteiger partial charge in [-0.05, 0) is 49.6 Å². The van der Waals surface area contributed by atoms with E-state index in [1.54, 1.807) is 22.7 Å². The molecule has 122 valence electrons. The minimum absolute atomic E-state index is 0. The lowest BCUT2D eigenvalue weighted by atomic mass is 10.2. The number of aryl methyl sites for hydroxylation is 2. The fourth-order valence-electron chi connectivity index (χ4n) is 2.46.